The quantitative estimate of drug-likeness (QED) is 0.296. The van der Waals surface area contributed by atoms with Gasteiger partial charge in [0.05, 0.1) is 40.4 Å². The number of alkyl halides is 2. The van der Waals surface area contributed by atoms with Crippen LogP contribution in [0, 0.1) is 0 Å². The molecule has 0 radical (unpaired) electrons. The van der Waals surface area contributed by atoms with E-state index in [9.17, 15) is 13.6 Å². The van der Waals surface area contributed by atoms with E-state index in [1.165, 1.54) is 18.5 Å². The van der Waals surface area contributed by atoms with Crippen molar-refractivity contribution in [1.82, 2.24) is 24.4 Å². The Morgan fingerprint density at radius 1 is 1.00 bits per heavy atom. The van der Waals surface area contributed by atoms with Crippen LogP contribution in [0.25, 0.3) is 16.9 Å². The minimum Gasteiger partial charge on any atom is -0.319 e. The molecule has 5 aromatic rings. The molecule has 0 fully saturated rings. The summed E-state index contributed by atoms with van der Waals surface area (Å²) >= 11 is 12.0. The summed E-state index contributed by atoms with van der Waals surface area (Å²) in [6.07, 6.45) is 1.53. The highest BCUT2D eigenvalue weighted by Gasteiger charge is 2.22. The number of benzene rings is 2. The van der Waals surface area contributed by atoms with Crippen molar-refractivity contribution in [3.8, 4) is 11.3 Å². The number of anilines is 1. The van der Waals surface area contributed by atoms with Crippen LogP contribution in [-0.2, 0) is 6.54 Å². The van der Waals surface area contributed by atoms with Gasteiger partial charge in [0.15, 0.2) is 5.65 Å². The van der Waals surface area contributed by atoms with Gasteiger partial charge in [-0.2, -0.15) is 10.2 Å². The van der Waals surface area contributed by atoms with Gasteiger partial charge < -0.3 is 5.32 Å². The maximum absolute atomic E-state index is 13.8. The highest BCUT2D eigenvalue weighted by Crippen LogP contribution is 2.27. The number of rotatable bonds is 6. The number of carbonyl (C=O) groups excluding carboxylic acids is 1. The summed E-state index contributed by atoms with van der Waals surface area (Å²) in [5.74, 6) is -0.549. The molecule has 0 spiro atoms. The summed E-state index contributed by atoms with van der Waals surface area (Å²) in [6, 6.07) is 15.4. The van der Waals surface area contributed by atoms with Gasteiger partial charge in [0.1, 0.15) is 11.3 Å². The molecular formula is C24H16Cl2F2N6O. The van der Waals surface area contributed by atoms with Gasteiger partial charge in [0.2, 0.25) is 0 Å². The van der Waals surface area contributed by atoms with E-state index < -0.39 is 12.3 Å². The zero-order chi connectivity index (χ0) is 24.5. The molecule has 0 aliphatic heterocycles. The van der Waals surface area contributed by atoms with E-state index in [4.69, 9.17) is 23.2 Å². The predicted molar refractivity (Wildman–Crippen MR) is 129 cm³/mol. The molecule has 7 nitrogen and oxygen atoms in total. The first-order valence-corrected chi connectivity index (χ1v) is 11.1. The number of nitrogens with one attached hydrogen (secondary N) is 1. The number of carbonyl (C=O) groups is 1. The molecule has 0 aliphatic carbocycles. The molecule has 1 N–H and O–H groups in total. The number of hydrogen-bond donors (Lipinski definition) is 1. The van der Waals surface area contributed by atoms with Gasteiger partial charge >= 0.3 is 0 Å². The Bertz CT molecular complexity index is 1530. The molecule has 0 bridgehead atoms. The first-order chi connectivity index (χ1) is 16.9. The molecule has 11 heteroatoms. The zero-order valence-corrected chi connectivity index (χ0v) is 19.4. The lowest BCUT2D eigenvalue weighted by Crippen LogP contribution is -2.12. The maximum atomic E-state index is 13.8. The van der Waals surface area contributed by atoms with Crippen LogP contribution >= 0.6 is 23.2 Å². The van der Waals surface area contributed by atoms with Gasteiger partial charge in [-0.1, -0.05) is 59.6 Å². The number of nitrogens with zero attached hydrogens (tertiary/aromatic N) is 5. The van der Waals surface area contributed by atoms with E-state index in [1.807, 2.05) is 12.1 Å². The van der Waals surface area contributed by atoms with Crippen molar-refractivity contribution in [2.24, 2.45) is 0 Å². The number of fused-ring (bicyclic) bond motifs is 1. The summed E-state index contributed by atoms with van der Waals surface area (Å²) in [5, 5.41) is 11.8. The molecule has 3 heterocycles. The molecule has 2 aromatic carbocycles. The summed E-state index contributed by atoms with van der Waals surface area (Å²) < 4.78 is 30.1. The molecule has 0 aliphatic rings. The van der Waals surface area contributed by atoms with Gasteiger partial charge in [-0.25, -0.2) is 18.3 Å². The third-order valence-corrected chi connectivity index (χ3v) is 6.00. The fraction of sp³-hybridized carbons (Fsp3) is 0.0833. The second-order valence-corrected chi connectivity index (χ2v) is 8.47. The topological polar surface area (TPSA) is 77.1 Å². The van der Waals surface area contributed by atoms with Crippen LogP contribution in [-0.4, -0.2) is 30.3 Å². The maximum Gasteiger partial charge on any atom is 0.280 e. The number of aromatic nitrogens is 5. The lowest BCUT2D eigenvalue weighted by Gasteiger charge is -2.08. The molecule has 5 rings (SSSR count). The molecule has 35 heavy (non-hydrogen) atoms. The molecular weight excluding hydrogens is 497 g/mol. The Labute approximate surface area is 207 Å². The van der Waals surface area contributed by atoms with Crippen molar-refractivity contribution >= 4 is 40.4 Å². The zero-order valence-electron chi connectivity index (χ0n) is 17.9. The van der Waals surface area contributed by atoms with Gasteiger partial charge in [-0.15, -0.1) is 0 Å². The average molecular weight is 513 g/mol. The van der Waals surface area contributed by atoms with Crippen LogP contribution in [0.3, 0.4) is 0 Å². The largest absolute Gasteiger partial charge is 0.319 e. The Morgan fingerprint density at radius 2 is 1.80 bits per heavy atom. The highest BCUT2D eigenvalue weighted by molar-refractivity contribution is 6.42. The van der Waals surface area contributed by atoms with Crippen LogP contribution < -0.4 is 5.32 Å². The van der Waals surface area contributed by atoms with Gasteiger partial charge in [-0.05, 0) is 23.8 Å². The molecule has 1 amide bonds. The van der Waals surface area contributed by atoms with Crippen LogP contribution in [0.2, 0.25) is 10.0 Å². The first-order valence-electron chi connectivity index (χ1n) is 10.4. The number of halogens is 4. The molecule has 0 saturated heterocycles. The van der Waals surface area contributed by atoms with Gasteiger partial charge in [-0.3, -0.25) is 9.48 Å². The second-order valence-electron chi connectivity index (χ2n) is 7.66. The molecule has 176 valence electrons. The lowest BCUT2D eigenvalue weighted by molar-refractivity contribution is 0.102. The normalized spacial score (nSPS) is 11.3. The number of hydrogen-bond acceptors (Lipinski definition) is 4. The van der Waals surface area contributed by atoms with Crippen molar-refractivity contribution in [3.63, 3.8) is 0 Å². The third kappa shape index (κ3) is 4.73. The highest BCUT2D eigenvalue weighted by atomic mass is 35.5. The summed E-state index contributed by atoms with van der Waals surface area (Å²) in [6.45, 7) is 0.406. The summed E-state index contributed by atoms with van der Waals surface area (Å²) in [5.41, 5.74) is 1.99. The predicted octanol–water partition coefficient (Wildman–Crippen LogP) is 6.14. The number of amides is 1. The Morgan fingerprint density at radius 3 is 2.54 bits per heavy atom. The third-order valence-electron chi connectivity index (χ3n) is 5.26. The smallest absolute Gasteiger partial charge is 0.280 e. The van der Waals surface area contributed by atoms with Crippen LogP contribution in [0.1, 0.15) is 28.0 Å². The van der Waals surface area contributed by atoms with E-state index in [0.29, 0.717) is 33.5 Å². The van der Waals surface area contributed by atoms with E-state index in [-0.39, 0.29) is 16.9 Å². The van der Waals surface area contributed by atoms with E-state index in [2.05, 4.69) is 20.5 Å². The van der Waals surface area contributed by atoms with E-state index >= 15 is 0 Å². The fourth-order valence-corrected chi connectivity index (χ4v) is 3.92. The Kier molecular flexibility index (Phi) is 6.19. The van der Waals surface area contributed by atoms with Gasteiger partial charge in [0.25, 0.3) is 12.3 Å². The van der Waals surface area contributed by atoms with Crippen molar-refractivity contribution in [3.05, 3.63) is 100 Å². The van der Waals surface area contributed by atoms with Crippen molar-refractivity contribution in [2.45, 2.75) is 13.0 Å². The van der Waals surface area contributed by atoms with Crippen molar-refractivity contribution in [1.29, 1.82) is 0 Å². The second kappa shape index (κ2) is 9.44. The average Bonchev–Trinajstić information content (AvgIpc) is 3.48. The fourth-order valence-electron chi connectivity index (χ4n) is 3.60. The van der Waals surface area contributed by atoms with Crippen molar-refractivity contribution in [2.75, 3.05) is 5.32 Å². The summed E-state index contributed by atoms with van der Waals surface area (Å²) in [7, 11) is 0. The molecule has 3 aromatic heterocycles. The Balaban J connectivity index is 1.42. The van der Waals surface area contributed by atoms with E-state index in [1.54, 1.807) is 47.3 Å². The van der Waals surface area contributed by atoms with Crippen molar-refractivity contribution < 1.29 is 13.6 Å². The molecule has 0 atom stereocenters. The first kappa shape index (κ1) is 22.9. The minimum absolute atomic E-state index is 0.0300. The van der Waals surface area contributed by atoms with Crippen LogP contribution in [0.4, 0.5) is 14.5 Å². The lowest BCUT2D eigenvalue weighted by atomic mass is 10.1. The SMILES string of the molecule is O=C(Nc1cnn(Cc2ccc(Cl)c(Cl)c2)c1)c1cnn2c(C(F)F)cc(-c3ccccc3)nc12. The van der Waals surface area contributed by atoms with Gasteiger partial charge in [0, 0.05) is 11.8 Å². The summed E-state index contributed by atoms with van der Waals surface area (Å²) in [4.78, 5) is 17.5. The monoisotopic (exact) mass is 512 g/mol. The molecule has 0 unspecified atom stereocenters. The minimum atomic E-state index is -2.81. The van der Waals surface area contributed by atoms with E-state index in [0.717, 1.165) is 10.1 Å². The van der Waals surface area contributed by atoms with Crippen LogP contribution in [0.15, 0.2) is 73.2 Å². The Hall–Kier alpha value is -3.82. The standard InChI is InChI=1S/C24H16Cl2F2N6O/c25-18-7-6-14(8-19(18)26)12-33-13-16(10-29-33)31-24(35)17-11-30-34-21(22(27)28)9-20(32-23(17)34)15-4-2-1-3-5-15/h1-11,13,22H,12H2,(H,31,35). The molecule has 0 saturated carbocycles. The van der Waals surface area contributed by atoms with Crippen LogP contribution in [0.5, 0.6) is 0 Å².